The van der Waals surface area contributed by atoms with E-state index in [1.807, 2.05) is 42.5 Å². The third kappa shape index (κ3) is 3.36. The van der Waals surface area contributed by atoms with Crippen LogP contribution in [0.15, 0.2) is 76.1 Å². The fraction of sp³-hybridized carbons (Fsp3) is 0.136. The zero-order chi connectivity index (χ0) is 19.8. The molecule has 3 aromatic rings. The summed E-state index contributed by atoms with van der Waals surface area (Å²) in [5.74, 6) is 0.594. The summed E-state index contributed by atoms with van der Waals surface area (Å²) in [4.78, 5) is 19.1. The molecule has 144 valence electrons. The van der Waals surface area contributed by atoms with E-state index in [4.69, 9.17) is 10.1 Å². The van der Waals surface area contributed by atoms with Crippen LogP contribution in [0, 0.1) is 6.92 Å². The minimum absolute atomic E-state index is 0.142. The van der Waals surface area contributed by atoms with Crippen molar-refractivity contribution in [3.05, 3.63) is 92.6 Å². The molecule has 5 rings (SSSR count). The van der Waals surface area contributed by atoms with Crippen LogP contribution in [0.4, 0.5) is 0 Å². The summed E-state index contributed by atoms with van der Waals surface area (Å²) in [7, 11) is 0. The molecule has 0 fully saturated rings. The molecule has 3 heterocycles. The molecule has 0 radical (unpaired) electrons. The van der Waals surface area contributed by atoms with Crippen molar-refractivity contribution in [2.75, 3.05) is 0 Å². The smallest absolute Gasteiger partial charge is 0.276 e. The number of benzene rings is 2. The molecule has 0 bridgehead atoms. The maximum atomic E-state index is 13.1. The van der Waals surface area contributed by atoms with Crippen molar-refractivity contribution in [1.29, 1.82) is 0 Å². The molecular weight excluding hydrogens is 400 g/mol. The number of nitrogens with zero attached hydrogens (tertiary/aromatic N) is 3. The van der Waals surface area contributed by atoms with Gasteiger partial charge in [-0.05, 0) is 35.6 Å². The highest BCUT2D eigenvalue weighted by atomic mass is 32.2. The molecule has 2 aliphatic rings. The topological polar surface area (TPSA) is 57.1 Å². The van der Waals surface area contributed by atoms with Gasteiger partial charge in [0.1, 0.15) is 5.70 Å². The molecule has 1 atom stereocenters. The Balaban J connectivity index is 1.58. The molecule has 1 N–H and O–H groups in total. The number of nitrogens with one attached hydrogen (secondary N) is 1. The van der Waals surface area contributed by atoms with Crippen molar-refractivity contribution < 1.29 is 4.79 Å². The molecule has 1 amide bonds. The lowest BCUT2D eigenvalue weighted by molar-refractivity contribution is -0.116. The summed E-state index contributed by atoms with van der Waals surface area (Å²) in [6.45, 7) is 2.07. The van der Waals surface area contributed by atoms with Gasteiger partial charge in [0.25, 0.3) is 5.91 Å². The molecule has 0 aliphatic carbocycles. The SMILES string of the molecule is Cc1ccsc1C1N=c2ccccc2=C2C(=O)NC(SCc3ccccc3)=NN21. The quantitative estimate of drug-likeness (QED) is 0.711. The number of thiophene rings is 1. The number of para-hydroxylation sites is 1. The zero-order valence-electron chi connectivity index (χ0n) is 15.7. The number of hydrogen-bond donors (Lipinski definition) is 1. The van der Waals surface area contributed by atoms with Crippen LogP contribution in [0.1, 0.15) is 22.2 Å². The fourth-order valence-electron chi connectivity index (χ4n) is 3.44. The molecule has 2 aromatic carbocycles. The van der Waals surface area contributed by atoms with Crippen molar-refractivity contribution in [2.24, 2.45) is 10.1 Å². The molecule has 0 saturated heterocycles. The summed E-state index contributed by atoms with van der Waals surface area (Å²) in [6.07, 6.45) is -0.335. The maximum Gasteiger partial charge on any atom is 0.276 e. The number of fused-ring (bicyclic) bond motifs is 2. The number of hydrogen-bond acceptors (Lipinski definition) is 6. The molecule has 0 spiro atoms. The predicted molar refractivity (Wildman–Crippen MR) is 118 cm³/mol. The van der Waals surface area contributed by atoms with Crippen molar-refractivity contribution in [3.63, 3.8) is 0 Å². The molecule has 29 heavy (non-hydrogen) atoms. The normalized spacial score (nSPS) is 17.8. The van der Waals surface area contributed by atoms with E-state index in [1.54, 1.807) is 16.3 Å². The number of amides is 1. The molecule has 1 aromatic heterocycles. The fourth-order valence-corrected chi connectivity index (χ4v) is 5.19. The Kier molecular flexibility index (Phi) is 4.69. The number of aryl methyl sites for hydroxylation is 1. The predicted octanol–water partition coefficient (Wildman–Crippen LogP) is 3.13. The van der Waals surface area contributed by atoms with Gasteiger partial charge in [0.2, 0.25) is 0 Å². The van der Waals surface area contributed by atoms with E-state index in [9.17, 15) is 4.79 Å². The Bertz CT molecular complexity index is 1230. The largest absolute Gasteiger partial charge is 0.298 e. The number of rotatable bonds is 3. The number of hydrazone groups is 1. The minimum atomic E-state index is -0.335. The molecule has 2 aliphatic heterocycles. The average molecular weight is 419 g/mol. The first kappa shape index (κ1) is 18.1. The average Bonchev–Trinajstić information content (AvgIpc) is 3.18. The highest BCUT2D eigenvalue weighted by Crippen LogP contribution is 2.35. The Morgan fingerprint density at radius 1 is 1.10 bits per heavy atom. The first-order chi connectivity index (χ1) is 14.2. The number of thioether (sulfide) groups is 1. The number of carbonyl (C=O) groups excluding carboxylic acids is 1. The molecular formula is C22H18N4OS2. The first-order valence-corrected chi connectivity index (χ1v) is 11.1. The molecule has 7 heteroatoms. The van der Waals surface area contributed by atoms with Crippen molar-refractivity contribution in [2.45, 2.75) is 18.8 Å². The standard InChI is InChI=1S/C22H18N4OS2/c1-14-11-12-28-19(14)20-23-17-10-6-5-9-16(17)18-21(27)24-22(25-26(18)20)29-13-15-7-3-2-4-8-15/h2-12,20H,13H2,1H3,(H,24,25,27). The van der Waals surface area contributed by atoms with Gasteiger partial charge in [0.05, 0.1) is 10.2 Å². The highest BCUT2D eigenvalue weighted by molar-refractivity contribution is 8.13. The Morgan fingerprint density at radius 2 is 1.90 bits per heavy atom. The van der Waals surface area contributed by atoms with Gasteiger partial charge < -0.3 is 0 Å². The van der Waals surface area contributed by atoms with Gasteiger partial charge in [-0.2, -0.15) is 0 Å². The van der Waals surface area contributed by atoms with Crippen LogP contribution in [0.2, 0.25) is 0 Å². The highest BCUT2D eigenvalue weighted by Gasteiger charge is 2.35. The van der Waals surface area contributed by atoms with Gasteiger partial charge in [-0.15, -0.1) is 16.4 Å². The van der Waals surface area contributed by atoms with E-state index in [2.05, 4.69) is 35.8 Å². The van der Waals surface area contributed by atoms with Crippen LogP contribution in [0.5, 0.6) is 0 Å². The summed E-state index contributed by atoms with van der Waals surface area (Å²) in [6, 6.07) is 20.0. The number of carbonyl (C=O) groups is 1. The van der Waals surface area contributed by atoms with E-state index in [0.29, 0.717) is 10.9 Å². The van der Waals surface area contributed by atoms with Crippen LogP contribution < -0.4 is 15.9 Å². The van der Waals surface area contributed by atoms with E-state index in [0.717, 1.165) is 26.8 Å². The molecule has 1 unspecified atom stereocenters. The summed E-state index contributed by atoms with van der Waals surface area (Å²) in [5, 5.41) is 13.8. The van der Waals surface area contributed by atoms with Gasteiger partial charge in [-0.3, -0.25) is 15.1 Å². The van der Waals surface area contributed by atoms with Crippen molar-refractivity contribution >= 4 is 39.9 Å². The van der Waals surface area contributed by atoms with E-state index in [-0.39, 0.29) is 12.1 Å². The van der Waals surface area contributed by atoms with Crippen LogP contribution in [-0.4, -0.2) is 16.1 Å². The summed E-state index contributed by atoms with van der Waals surface area (Å²) < 4.78 is 0. The van der Waals surface area contributed by atoms with Crippen molar-refractivity contribution in [1.82, 2.24) is 10.3 Å². The zero-order valence-corrected chi connectivity index (χ0v) is 17.3. The second-order valence-electron chi connectivity index (χ2n) is 6.81. The number of amidine groups is 1. The van der Waals surface area contributed by atoms with Gasteiger partial charge in [-0.1, -0.05) is 60.3 Å². The van der Waals surface area contributed by atoms with E-state index < -0.39 is 0 Å². The second-order valence-corrected chi connectivity index (χ2v) is 8.73. The van der Waals surface area contributed by atoms with Gasteiger partial charge in [0, 0.05) is 11.0 Å². The Hall–Kier alpha value is -2.90. The first-order valence-electron chi connectivity index (χ1n) is 9.28. The lowest BCUT2D eigenvalue weighted by Crippen LogP contribution is -2.50. The lowest BCUT2D eigenvalue weighted by atomic mass is 10.1. The summed E-state index contributed by atoms with van der Waals surface area (Å²) >= 11 is 3.16. The monoisotopic (exact) mass is 418 g/mol. The van der Waals surface area contributed by atoms with Crippen LogP contribution in [-0.2, 0) is 10.5 Å². The van der Waals surface area contributed by atoms with Gasteiger partial charge in [-0.25, -0.2) is 5.01 Å². The van der Waals surface area contributed by atoms with E-state index >= 15 is 0 Å². The second kappa shape index (κ2) is 7.50. The summed E-state index contributed by atoms with van der Waals surface area (Å²) in [5.41, 5.74) is 2.89. The van der Waals surface area contributed by atoms with Crippen molar-refractivity contribution in [3.8, 4) is 0 Å². The minimum Gasteiger partial charge on any atom is -0.298 e. The van der Waals surface area contributed by atoms with Crippen LogP contribution >= 0.6 is 23.1 Å². The van der Waals surface area contributed by atoms with Gasteiger partial charge >= 0.3 is 0 Å². The van der Waals surface area contributed by atoms with Crippen LogP contribution in [0.25, 0.3) is 5.70 Å². The third-order valence-electron chi connectivity index (χ3n) is 4.87. The molecule has 0 saturated carbocycles. The van der Waals surface area contributed by atoms with E-state index in [1.165, 1.54) is 17.3 Å². The van der Waals surface area contributed by atoms with Crippen LogP contribution in [0.3, 0.4) is 0 Å². The maximum absolute atomic E-state index is 13.1. The van der Waals surface area contributed by atoms with Gasteiger partial charge in [0.15, 0.2) is 11.3 Å². The Morgan fingerprint density at radius 3 is 2.69 bits per heavy atom. The lowest BCUT2D eigenvalue weighted by Gasteiger charge is -2.33. The Labute approximate surface area is 176 Å². The third-order valence-corrected chi connectivity index (χ3v) is 6.86. The molecule has 5 nitrogen and oxygen atoms in total.